The second-order valence-electron chi connectivity index (χ2n) is 17.6. The lowest BCUT2D eigenvalue weighted by molar-refractivity contribution is -0.299. The number of aliphatic hydroxyl groups is 6. The normalized spacial score (nSPS) is 54.7. The van der Waals surface area contributed by atoms with E-state index in [-0.39, 0.29) is 34.0 Å². The van der Waals surface area contributed by atoms with Crippen molar-refractivity contribution < 1.29 is 49.7 Å². The van der Waals surface area contributed by atoms with Crippen LogP contribution in [0.2, 0.25) is 0 Å². The van der Waals surface area contributed by atoms with E-state index in [1.54, 1.807) is 0 Å². The Labute approximate surface area is 272 Å². The van der Waals surface area contributed by atoms with Crippen molar-refractivity contribution in [3.05, 3.63) is 11.6 Å². The zero-order valence-corrected chi connectivity index (χ0v) is 28.3. The molecule has 1 unspecified atom stereocenters. The summed E-state index contributed by atoms with van der Waals surface area (Å²) in [5.41, 5.74) is -1.89. The molecule has 5 fully saturated rings. The van der Waals surface area contributed by atoms with Gasteiger partial charge in [0.2, 0.25) is 6.29 Å². The van der Waals surface area contributed by atoms with Crippen LogP contribution in [0, 0.1) is 50.2 Å². The van der Waals surface area contributed by atoms with E-state index in [2.05, 4.69) is 40.7 Å². The highest BCUT2D eigenvalue weighted by molar-refractivity contribution is 5.80. The lowest BCUT2D eigenvalue weighted by Gasteiger charge is -2.71. The van der Waals surface area contributed by atoms with E-state index >= 15 is 0 Å². The fraction of sp³-hybridized carbons (Fsp3) is 0.889. The number of ether oxygens (including phenoxy) is 2. The SMILES string of the molecule is CC1(C)CC[C@]2(C(=O)O[C@@H]3O[C@H](CO)[C@@H](O)[C@H](O)C3O)[C@H](O)C[C@]3(C)C(=CC[C@@H]4[C@@]5(C)CC[C@H](O)[C@@](C)(C=O)[C@@H]5CC[C@]43C)[C@@H]2C1. The second-order valence-corrected chi connectivity index (χ2v) is 17.6. The van der Waals surface area contributed by atoms with Crippen molar-refractivity contribution in [2.45, 2.75) is 142 Å². The maximum Gasteiger partial charge on any atom is 0.317 e. The lowest BCUT2D eigenvalue weighted by atomic mass is 9.33. The summed E-state index contributed by atoms with van der Waals surface area (Å²) >= 11 is 0. The van der Waals surface area contributed by atoms with E-state index in [9.17, 15) is 40.2 Å². The quantitative estimate of drug-likeness (QED) is 0.151. The first-order chi connectivity index (χ1) is 21.4. The fourth-order valence-corrected chi connectivity index (χ4v) is 12.0. The van der Waals surface area contributed by atoms with Gasteiger partial charge in [-0.2, -0.15) is 0 Å². The first-order valence-corrected chi connectivity index (χ1v) is 17.4. The third-order valence-electron chi connectivity index (χ3n) is 15.1. The number of carbonyl (C=O) groups excluding carboxylic acids is 2. The number of allylic oxidation sites excluding steroid dienone is 2. The molecule has 1 aliphatic heterocycles. The van der Waals surface area contributed by atoms with E-state index < -0.39 is 71.7 Å². The molecule has 46 heavy (non-hydrogen) atoms. The number of esters is 1. The summed E-state index contributed by atoms with van der Waals surface area (Å²) in [6.45, 7) is 12.6. The molecule has 1 saturated heterocycles. The average Bonchev–Trinajstić information content (AvgIpc) is 2.99. The van der Waals surface area contributed by atoms with Crippen molar-refractivity contribution >= 4 is 12.3 Å². The first kappa shape index (κ1) is 34.5. The molecule has 4 saturated carbocycles. The fourth-order valence-electron chi connectivity index (χ4n) is 12.0. The van der Waals surface area contributed by atoms with Crippen LogP contribution in [0.3, 0.4) is 0 Å². The predicted molar refractivity (Wildman–Crippen MR) is 167 cm³/mol. The van der Waals surface area contributed by atoms with Gasteiger partial charge in [0.15, 0.2) is 0 Å². The van der Waals surface area contributed by atoms with Gasteiger partial charge in [0.25, 0.3) is 0 Å². The van der Waals surface area contributed by atoms with Gasteiger partial charge in [-0.3, -0.25) is 4.79 Å². The van der Waals surface area contributed by atoms with Crippen LogP contribution in [0.4, 0.5) is 0 Å². The molecule has 0 bridgehead atoms. The Hall–Kier alpha value is -1.40. The summed E-state index contributed by atoms with van der Waals surface area (Å²) in [5.74, 6) is -0.762. The van der Waals surface area contributed by atoms with E-state index in [0.29, 0.717) is 32.1 Å². The standard InChI is InChI=1S/C36H56O10/c1-31(2)13-14-36(30(44)46-29-28(43)27(42)26(41)21(17-37)45-29)20(15-31)19-7-8-23-32(3)11-10-24(39)33(4,18-38)22(32)9-12-34(23,5)35(19,6)16-25(36)40/h7,18,20-29,37,39-43H,8-17H2,1-6H3/t20-,21+,22+,23+,24-,25+,26+,27-,28?,29-,32-,33-,34+,35+,36+/m0/s1. The molecule has 0 aromatic rings. The Morgan fingerprint density at radius 2 is 1.59 bits per heavy atom. The first-order valence-electron chi connectivity index (χ1n) is 17.4. The van der Waals surface area contributed by atoms with Crippen molar-refractivity contribution in [2.75, 3.05) is 6.61 Å². The number of aliphatic hydroxyl groups excluding tert-OH is 6. The minimum Gasteiger partial charge on any atom is -0.432 e. The van der Waals surface area contributed by atoms with Gasteiger partial charge in [-0.15, -0.1) is 0 Å². The van der Waals surface area contributed by atoms with Crippen LogP contribution in [0.25, 0.3) is 0 Å². The number of hydrogen-bond acceptors (Lipinski definition) is 10. The van der Waals surface area contributed by atoms with Crippen molar-refractivity contribution in [1.29, 1.82) is 0 Å². The Morgan fingerprint density at radius 3 is 2.24 bits per heavy atom. The highest BCUT2D eigenvalue weighted by atomic mass is 16.7. The van der Waals surface area contributed by atoms with Crippen molar-refractivity contribution in [3.63, 3.8) is 0 Å². The second kappa shape index (κ2) is 11.1. The van der Waals surface area contributed by atoms with E-state index in [1.807, 2.05) is 6.92 Å². The van der Waals surface area contributed by atoms with Crippen LogP contribution in [-0.4, -0.2) is 92.4 Å². The molecule has 6 aliphatic rings. The summed E-state index contributed by atoms with van der Waals surface area (Å²) in [7, 11) is 0. The summed E-state index contributed by atoms with van der Waals surface area (Å²) in [5, 5.41) is 64.3. The largest absolute Gasteiger partial charge is 0.432 e. The number of hydrogen-bond donors (Lipinski definition) is 6. The van der Waals surface area contributed by atoms with Gasteiger partial charge in [-0.25, -0.2) is 0 Å². The van der Waals surface area contributed by atoms with Crippen molar-refractivity contribution in [3.8, 4) is 0 Å². The van der Waals surface area contributed by atoms with Crippen LogP contribution in [0.1, 0.15) is 99.3 Å². The summed E-state index contributed by atoms with van der Waals surface area (Å²) in [6, 6.07) is 0. The van der Waals surface area contributed by atoms with Crippen LogP contribution in [0.5, 0.6) is 0 Å². The molecule has 0 spiro atoms. The smallest absolute Gasteiger partial charge is 0.317 e. The highest BCUT2D eigenvalue weighted by Gasteiger charge is 2.72. The van der Waals surface area contributed by atoms with E-state index in [1.165, 1.54) is 5.57 Å². The minimum atomic E-state index is -1.72. The van der Waals surface area contributed by atoms with Gasteiger partial charge in [0.1, 0.15) is 36.1 Å². The van der Waals surface area contributed by atoms with Crippen LogP contribution < -0.4 is 0 Å². The van der Waals surface area contributed by atoms with Gasteiger partial charge in [-0.1, -0.05) is 53.2 Å². The summed E-state index contributed by atoms with van der Waals surface area (Å²) < 4.78 is 11.4. The van der Waals surface area contributed by atoms with Gasteiger partial charge in [-0.05, 0) is 97.2 Å². The molecule has 6 rings (SSSR count). The Bertz CT molecular complexity index is 1270. The molecule has 260 valence electrons. The maximum absolute atomic E-state index is 14.4. The van der Waals surface area contributed by atoms with Crippen molar-refractivity contribution in [1.82, 2.24) is 0 Å². The Morgan fingerprint density at radius 1 is 0.891 bits per heavy atom. The number of aldehydes is 1. The average molecular weight is 649 g/mol. The topological polar surface area (TPSA) is 174 Å². The van der Waals surface area contributed by atoms with E-state index in [0.717, 1.165) is 32.0 Å². The molecular weight excluding hydrogens is 592 g/mol. The van der Waals surface area contributed by atoms with Gasteiger partial charge in [0, 0.05) is 0 Å². The van der Waals surface area contributed by atoms with Crippen LogP contribution in [-0.2, 0) is 19.1 Å². The zero-order valence-electron chi connectivity index (χ0n) is 28.3. The molecule has 15 atom stereocenters. The molecule has 0 aromatic heterocycles. The van der Waals surface area contributed by atoms with Gasteiger partial charge >= 0.3 is 5.97 Å². The molecule has 10 heteroatoms. The molecule has 6 N–H and O–H groups in total. The molecular formula is C36H56O10. The van der Waals surface area contributed by atoms with Gasteiger partial charge in [0.05, 0.1) is 24.2 Å². The lowest BCUT2D eigenvalue weighted by Crippen LogP contribution is -2.68. The number of carbonyl (C=O) groups is 2. The molecule has 0 radical (unpaired) electrons. The predicted octanol–water partition coefficient (Wildman–Crippen LogP) is 2.64. The highest BCUT2D eigenvalue weighted by Crippen LogP contribution is 2.75. The Kier molecular flexibility index (Phi) is 8.28. The molecule has 0 aromatic carbocycles. The van der Waals surface area contributed by atoms with Crippen LogP contribution >= 0.6 is 0 Å². The zero-order chi connectivity index (χ0) is 33.8. The summed E-state index contributed by atoms with van der Waals surface area (Å²) in [4.78, 5) is 26.9. The Balaban J connectivity index is 1.39. The molecule has 0 amide bonds. The molecule has 1 heterocycles. The van der Waals surface area contributed by atoms with Gasteiger partial charge < -0.3 is 44.9 Å². The monoisotopic (exact) mass is 648 g/mol. The van der Waals surface area contributed by atoms with Crippen LogP contribution in [0.15, 0.2) is 11.6 Å². The maximum atomic E-state index is 14.4. The third kappa shape index (κ3) is 4.46. The molecule has 5 aliphatic carbocycles. The third-order valence-corrected chi connectivity index (χ3v) is 15.1. The minimum absolute atomic E-state index is 0.0487. The molecule has 10 nitrogen and oxygen atoms in total. The number of rotatable bonds is 4. The van der Waals surface area contributed by atoms with E-state index in [4.69, 9.17) is 9.47 Å². The number of fused-ring (bicyclic) bond motifs is 7. The van der Waals surface area contributed by atoms with Crippen molar-refractivity contribution in [2.24, 2.45) is 50.2 Å². The summed E-state index contributed by atoms with van der Waals surface area (Å²) in [6.07, 6.45) is -0.324.